The summed E-state index contributed by atoms with van der Waals surface area (Å²) in [5.74, 6) is 1.10. The maximum Gasteiger partial charge on any atom is 0.219 e. The van der Waals surface area contributed by atoms with E-state index in [4.69, 9.17) is 14.3 Å². The van der Waals surface area contributed by atoms with E-state index in [0.29, 0.717) is 13.2 Å². The van der Waals surface area contributed by atoms with Crippen LogP contribution in [0.2, 0.25) is 18.1 Å². The molecule has 1 amide bonds. The van der Waals surface area contributed by atoms with Gasteiger partial charge in [0.1, 0.15) is 0 Å². The Hall–Kier alpha value is -2.16. The SMILES string of the molecule is CC(=O)N1CCc2c(c(N3CC(O[Si](C)(C)C(C)(C)C)Cc4ccccc43)nn2C2CCOC2)C1. The predicted molar refractivity (Wildman–Crippen MR) is 141 cm³/mol. The Morgan fingerprint density at radius 3 is 2.69 bits per heavy atom. The monoisotopic (exact) mass is 496 g/mol. The van der Waals surface area contributed by atoms with Gasteiger partial charge in [-0.3, -0.25) is 9.48 Å². The number of carbonyl (C=O) groups excluding carboxylic acids is 1. The molecule has 0 bridgehead atoms. The highest BCUT2D eigenvalue weighted by Crippen LogP contribution is 2.42. The normalized spacial score (nSPS) is 22.8. The van der Waals surface area contributed by atoms with E-state index in [1.54, 1.807) is 6.92 Å². The van der Waals surface area contributed by atoms with E-state index >= 15 is 0 Å². The first-order valence-corrected chi connectivity index (χ1v) is 15.9. The molecule has 3 aliphatic heterocycles. The highest BCUT2D eigenvalue weighted by atomic mass is 28.4. The van der Waals surface area contributed by atoms with E-state index in [0.717, 1.165) is 44.8 Å². The highest BCUT2D eigenvalue weighted by molar-refractivity contribution is 6.74. The molecule has 3 aliphatic rings. The van der Waals surface area contributed by atoms with E-state index in [-0.39, 0.29) is 23.1 Å². The molecule has 2 aromatic rings. The summed E-state index contributed by atoms with van der Waals surface area (Å²) in [4.78, 5) is 16.6. The fraction of sp³-hybridized carbons (Fsp3) is 0.630. The third kappa shape index (κ3) is 4.56. The van der Waals surface area contributed by atoms with Crippen LogP contribution in [0, 0.1) is 0 Å². The van der Waals surface area contributed by atoms with Crippen LogP contribution in [0.5, 0.6) is 0 Å². The van der Waals surface area contributed by atoms with Gasteiger partial charge in [0.15, 0.2) is 14.1 Å². The van der Waals surface area contributed by atoms with Crippen molar-refractivity contribution < 1.29 is 14.0 Å². The van der Waals surface area contributed by atoms with E-state index in [1.807, 2.05) is 4.90 Å². The molecule has 7 nitrogen and oxygen atoms in total. The maximum absolute atomic E-state index is 12.3. The van der Waals surface area contributed by atoms with Gasteiger partial charge in [-0.25, -0.2) is 0 Å². The Morgan fingerprint density at radius 2 is 2.00 bits per heavy atom. The smallest absolute Gasteiger partial charge is 0.219 e. The van der Waals surface area contributed by atoms with Crippen molar-refractivity contribution in [1.29, 1.82) is 0 Å². The number of hydrogen-bond donors (Lipinski definition) is 0. The first-order chi connectivity index (χ1) is 16.5. The minimum Gasteiger partial charge on any atom is -0.412 e. The number of rotatable bonds is 4. The van der Waals surface area contributed by atoms with E-state index in [9.17, 15) is 4.79 Å². The molecule has 1 aromatic heterocycles. The minimum atomic E-state index is -1.94. The highest BCUT2D eigenvalue weighted by Gasteiger charge is 2.42. The van der Waals surface area contributed by atoms with Crippen LogP contribution in [-0.4, -0.2) is 61.3 Å². The Morgan fingerprint density at radius 1 is 1.23 bits per heavy atom. The van der Waals surface area contributed by atoms with E-state index < -0.39 is 8.32 Å². The van der Waals surface area contributed by atoms with Crippen LogP contribution in [0.1, 0.15) is 57.0 Å². The zero-order valence-electron chi connectivity index (χ0n) is 22.1. The van der Waals surface area contributed by atoms with Crippen LogP contribution >= 0.6 is 0 Å². The molecular formula is C27H40N4O3Si. The molecule has 2 atom stereocenters. The van der Waals surface area contributed by atoms with Crippen molar-refractivity contribution in [1.82, 2.24) is 14.7 Å². The second kappa shape index (κ2) is 9.05. The summed E-state index contributed by atoms with van der Waals surface area (Å²) in [6.07, 6.45) is 2.84. The molecule has 1 aromatic carbocycles. The third-order valence-corrected chi connectivity index (χ3v) is 12.9. The molecule has 4 heterocycles. The van der Waals surface area contributed by atoms with Crippen molar-refractivity contribution in [3.63, 3.8) is 0 Å². The predicted octanol–water partition coefficient (Wildman–Crippen LogP) is 4.83. The van der Waals surface area contributed by atoms with Gasteiger partial charge in [-0.2, -0.15) is 5.10 Å². The molecule has 0 spiro atoms. The zero-order chi connectivity index (χ0) is 25.0. The Bertz CT molecular complexity index is 1100. The fourth-order valence-corrected chi connectivity index (χ4v) is 6.71. The molecule has 0 N–H and O–H groups in total. The Kier molecular flexibility index (Phi) is 6.34. The fourth-order valence-electron chi connectivity index (χ4n) is 5.36. The van der Waals surface area contributed by atoms with Crippen LogP contribution in [0.4, 0.5) is 11.5 Å². The number of fused-ring (bicyclic) bond motifs is 2. The number of hydrogen-bond acceptors (Lipinski definition) is 5. The quantitative estimate of drug-likeness (QED) is 0.567. The number of para-hydroxylation sites is 1. The van der Waals surface area contributed by atoms with E-state index in [2.05, 4.69) is 67.7 Å². The van der Waals surface area contributed by atoms with Gasteiger partial charge >= 0.3 is 0 Å². The molecule has 0 radical (unpaired) electrons. The first-order valence-electron chi connectivity index (χ1n) is 13.0. The van der Waals surface area contributed by atoms with Crippen LogP contribution in [0.25, 0.3) is 0 Å². The second-order valence-corrected chi connectivity index (χ2v) is 16.6. The topological polar surface area (TPSA) is 59.8 Å². The van der Waals surface area contributed by atoms with Gasteiger partial charge in [-0.05, 0) is 36.2 Å². The lowest BCUT2D eigenvalue weighted by Crippen LogP contribution is -2.49. The summed E-state index contributed by atoms with van der Waals surface area (Å²) in [5.41, 5.74) is 4.95. The summed E-state index contributed by atoms with van der Waals surface area (Å²) >= 11 is 0. The molecule has 8 heteroatoms. The Balaban J connectivity index is 1.56. The van der Waals surface area contributed by atoms with Gasteiger partial charge in [0, 0.05) is 49.9 Å². The molecular weight excluding hydrogens is 456 g/mol. The number of carbonyl (C=O) groups is 1. The summed E-state index contributed by atoms with van der Waals surface area (Å²) in [7, 11) is -1.94. The number of nitrogens with zero attached hydrogens (tertiary/aromatic N) is 4. The van der Waals surface area contributed by atoms with Crippen LogP contribution < -0.4 is 4.90 Å². The first kappa shape index (κ1) is 24.5. The van der Waals surface area contributed by atoms with Crippen molar-refractivity contribution in [3.05, 3.63) is 41.1 Å². The number of benzene rings is 1. The molecule has 190 valence electrons. The van der Waals surface area contributed by atoms with Crippen molar-refractivity contribution in [2.24, 2.45) is 0 Å². The Labute approximate surface area is 210 Å². The number of amides is 1. The lowest BCUT2D eigenvalue weighted by atomic mass is 9.98. The summed E-state index contributed by atoms with van der Waals surface area (Å²) < 4.78 is 14.9. The lowest BCUT2D eigenvalue weighted by molar-refractivity contribution is -0.129. The molecule has 2 unspecified atom stereocenters. The average molecular weight is 497 g/mol. The van der Waals surface area contributed by atoms with Gasteiger partial charge in [0.25, 0.3) is 0 Å². The standard InChI is InChI=1S/C27H40N4O3Si/c1-19(32)29-13-11-25-23(17-29)26(28-31(25)21-12-14-33-18-21)30-16-22(34-35(5,6)27(2,3)4)15-20-9-7-8-10-24(20)30/h7-10,21-22H,11-18H2,1-6H3. The zero-order valence-corrected chi connectivity index (χ0v) is 23.1. The lowest BCUT2D eigenvalue weighted by Gasteiger charge is -2.43. The van der Waals surface area contributed by atoms with Crippen molar-refractivity contribution in [2.75, 3.05) is 31.2 Å². The van der Waals surface area contributed by atoms with Gasteiger partial charge in [0.05, 0.1) is 31.8 Å². The van der Waals surface area contributed by atoms with Crippen molar-refractivity contribution in [3.8, 4) is 0 Å². The van der Waals surface area contributed by atoms with Gasteiger partial charge in [0.2, 0.25) is 5.91 Å². The summed E-state index contributed by atoms with van der Waals surface area (Å²) in [6.45, 7) is 16.8. The van der Waals surface area contributed by atoms with Gasteiger partial charge in [-0.15, -0.1) is 0 Å². The number of anilines is 2. The van der Waals surface area contributed by atoms with E-state index in [1.165, 1.54) is 22.5 Å². The van der Waals surface area contributed by atoms with Gasteiger partial charge < -0.3 is 19.0 Å². The minimum absolute atomic E-state index is 0.105. The molecule has 0 aliphatic carbocycles. The maximum atomic E-state index is 12.3. The second-order valence-electron chi connectivity index (χ2n) is 11.8. The molecule has 1 saturated heterocycles. The summed E-state index contributed by atoms with van der Waals surface area (Å²) in [6, 6.07) is 8.91. The molecule has 1 fully saturated rings. The van der Waals surface area contributed by atoms with Crippen LogP contribution in [0.15, 0.2) is 24.3 Å². The van der Waals surface area contributed by atoms with Crippen LogP contribution in [0.3, 0.4) is 0 Å². The van der Waals surface area contributed by atoms with Crippen molar-refractivity contribution >= 4 is 25.7 Å². The molecule has 0 saturated carbocycles. The summed E-state index contributed by atoms with van der Waals surface area (Å²) in [5, 5.41) is 5.40. The average Bonchev–Trinajstić information content (AvgIpc) is 3.45. The van der Waals surface area contributed by atoms with Gasteiger partial charge in [-0.1, -0.05) is 39.0 Å². The third-order valence-electron chi connectivity index (χ3n) is 8.40. The number of aromatic nitrogens is 2. The largest absolute Gasteiger partial charge is 0.412 e. The molecule has 5 rings (SSSR count). The van der Waals surface area contributed by atoms with Crippen LogP contribution in [-0.2, 0) is 33.3 Å². The van der Waals surface area contributed by atoms with Crippen molar-refractivity contribution in [2.45, 2.75) is 83.8 Å². The number of ether oxygens (including phenoxy) is 1. The molecule has 35 heavy (non-hydrogen) atoms.